The fourth-order valence-electron chi connectivity index (χ4n) is 2.30. The number of amides is 2. The second kappa shape index (κ2) is 5.59. The van der Waals surface area contributed by atoms with Crippen molar-refractivity contribution in [3.8, 4) is 0 Å². The third-order valence-corrected chi connectivity index (χ3v) is 3.47. The van der Waals surface area contributed by atoms with E-state index in [0.29, 0.717) is 6.54 Å². The van der Waals surface area contributed by atoms with Crippen LogP contribution in [0.25, 0.3) is 0 Å². The zero-order chi connectivity index (χ0) is 14.0. The summed E-state index contributed by atoms with van der Waals surface area (Å²) in [6.45, 7) is 5.36. The molecule has 1 saturated heterocycles. The summed E-state index contributed by atoms with van der Waals surface area (Å²) in [5.41, 5.74) is 7.49. The Labute approximate surface area is 113 Å². The molecule has 1 heterocycles. The highest BCUT2D eigenvalue weighted by molar-refractivity contribution is 5.94. The Morgan fingerprint density at radius 2 is 2.11 bits per heavy atom. The van der Waals surface area contributed by atoms with Crippen molar-refractivity contribution in [2.24, 2.45) is 5.73 Å². The first kappa shape index (κ1) is 13.8. The smallest absolute Gasteiger partial charge is 0.324 e. The van der Waals surface area contributed by atoms with Gasteiger partial charge in [-0.1, -0.05) is 12.1 Å². The first-order valence-corrected chi connectivity index (χ1v) is 6.59. The Hall–Kier alpha value is -1.59. The molecule has 1 unspecified atom stereocenters. The molecule has 104 valence electrons. The monoisotopic (exact) mass is 263 g/mol. The number of nitrogens with zero attached hydrogens (tertiary/aromatic N) is 2. The van der Waals surface area contributed by atoms with Crippen molar-refractivity contribution in [3.63, 3.8) is 0 Å². The maximum atomic E-state index is 12.3. The molecule has 3 N–H and O–H groups in total. The van der Waals surface area contributed by atoms with Gasteiger partial charge in [0, 0.05) is 24.8 Å². The molecule has 2 amide bonds. The van der Waals surface area contributed by atoms with Crippen LogP contribution in [0.4, 0.5) is 10.5 Å². The average molecular weight is 263 g/mol. The Morgan fingerprint density at radius 3 is 2.68 bits per heavy atom. The minimum absolute atomic E-state index is 0.0321. The van der Waals surface area contributed by atoms with Crippen molar-refractivity contribution < 1.29 is 9.90 Å². The third-order valence-electron chi connectivity index (χ3n) is 3.47. The molecule has 19 heavy (non-hydrogen) atoms. The topological polar surface area (TPSA) is 69.8 Å². The summed E-state index contributed by atoms with van der Waals surface area (Å²) in [5, 5.41) is 9.10. The largest absolute Gasteiger partial charge is 0.394 e. The van der Waals surface area contributed by atoms with Gasteiger partial charge in [0.05, 0.1) is 12.6 Å². The number of benzene rings is 1. The van der Waals surface area contributed by atoms with Gasteiger partial charge in [0.1, 0.15) is 0 Å². The summed E-state index contributed by atoms with van der Waals surface area (Å²) in [6, 6.07) is 7.35. The quantitative estimate of drug-likeness (QED) is 0.861. The Kier molecular flexibility index (Phi) is 4.07. The fraction of sp³-hybridized carbons (Fsp3) is 0.500. The first-order valence-electron chi connectivity index (χ1n) is 6.59. The highest BCUT2D eigenvalue weighted by Gasteiger charge is 2.31. The molecular weight excluding hydrogens is 242 g/mol. The highest BCUT2D eigenvalue weighted by Crippen LogP contribution is 2.24. The number of carbonyl (C=O) groups is 1. The van der Waals surface area contributed by atoms with Crippen molar-refractivity contribution >= 4 is 11.7 Å². The molecule has 1 aromatic rings. The predicted octanol–water partition coefficient (Wildman–Crippen LogP) is 1.33. The number of anilines is 1. The van der Waals surface area contributed by atoms with Gasteiger partial charge in [-0.25, -0.2) is 4.79 Å². The summed E-state index contributed by atoms with van der Waals surface area (Å²) >= 11 is 0. The third kappa shape index (κ3) is 2.72. The van der Waals surface area contributed by atoms with E-state index in [1.807, 2.05) is 43.0 Å². The zero-order valence-electron chi connectivity index (χ0n) is 11.4. The molecule has 1 fully saturated rings. The Bertz CT molecular complexity index is 462. The van der Waals surface area contributed by atoms with Gasteiger partial charge in [0.25, 0.3) is 0 Å². The molecule has 0 radical (unpaired) electrons. The van der Waals surface area contributed by atoms with Crippen molar-refractivity contribution in [3.05, 3.63) is 29.8 Å². The lowest BCUT2D eigenvalue weighted by molar-refractivity contribution is 0.209. The summed E-state index contributed by atoms with van der Waals surface area (Å²) in [5.74, 6) is 0. The first-order chi connectivity index (χ1) is 9.04. The van der Waals surface area contributed by atoms with Crippen LogP contribution in [0.3, 0.4) is 0 Å². The van der Waals surface area contributed by atoms with Crippen molar-refractivity contribution in [1.82, 2.24) is 4.90 Å². The minimum Gasteiger partial charge on any atom is -0.394 e. The zero-order valence-corrected chi connectivity index (χ0v) is 11.4. The number of hydrogen-bond acceptors (Lipinski definition) is 3. The summed E-state index contributed by atoms with van der Waals surface area (Å²) in [4.78, 5) is 15.9. The van der Waals surface area contributed by atoms with E-state index in [1.165, 1.54) is 0 Å². The molecule has 1 aromatic carbocycles. The molecule has 0 spiro atoms. The van der Waals surface area contributed by atoms with Crippen molar-refractivity contribution in [2.75, 3.05) is 24.6 Å². The molecule has 5 heteroatoms. The molecule has 1 aliphatic rings. The van der Waals surface area contributed by atoms with E-state index in [2.05, 4.69) is 0 Å². The van der Waals surface area contributed by atoms with E-state index in [0.717, 1.165) is 17.8 Å². The van der Waals surface area contributed by atoms with Crippen LogP contribution >= 0.6 is 0 Å². The van der Waals surface area contributed by atoms with Crippen LogP contribution in [-0.2, 0) is 0 Å². The predicted molar refractivity (Wildman–Crippen MR) is 75.0 cm³/mol. The van der Waals surface area contributed by atoms with Crippen molar-refractivity contribution in [1.29, 1.82) is 0 Å². The summed E-state index contributed by atoms with van der Waals surface area (Å²) in [7, 11) is 0. The van der Waals surface area contributed by atoms with Crippen LogP contribution in [0.15, 0.2) is 24.3 Å². The van der Waals surface area contributed by atoms with E-state index in [-0.39, 0.29) is 18.7 Å². The number of aliphatic hydroxyl groups excluding tert-OH is 1. The number of nitrogens with two attached hydrogens (primary N) is 1. The second-order valence-electron chi connectivity index (χ2n) is 5.11. The van der Waals surface area contributed by atoms with Gasteiger partial charge in [-0.2, -0.15) is 0 Å². The molecule has 0 aromatic heterocycles. The normalized spacial score (nSPS) is 17.4. The van der Waals surface area contributed by atoms with Crippen LogP contribution in [0.2, 0.25) is 0 Å². The molecular formula is C14H21N3O2. The number of rotatable bonds is 4. The molecule has 5 nitrogen and oxygen atoms in total. The molecule has 1 atom stereocenters. The van der Waals surface area contributed by atoms with E-state index in [4.69, 9.17) is 10.8 Å². The number of carbonyl (C=O) groups excluding carboxylic acids is 1. The summed E-state index contributed by atoms with van der Waals surface area (Å²) < 4.78 is 0. The van der Waals surface area contributed by atoms with Crippen LogP contribution in [0.1, 0.15) is 25.5 Å². The van der Waals surface area contributed by atoms with Crippen molar-refractivity contribution in [2.45, 2.75) is 25.9 Å². The molecule has 0 aliphatic carbocycles. The Morgan fingerprint density at radius 1 is 1.37 bits per heavy atom. The number of aliphatic hydroxyl groups is 1. The summed E-state index contributed by atoms with van der Waals surface area (Å²) in [6.07, 6.45) is 0. The standard InChI is InChI=1S/C14H21N3O2/c1-10(2)16-6-7-17(14(16)19)12-5-3-4-11(8-12)13(15)9-18/h3-5,8,10,13,18H,6-7,9,15H2,1-2H3. The number of hydrogen-bond donors (Lipinski definition) is 2. The van der Waals surface area contributed by atoms with Gasteiger partial charge in [0.15, 0.2) is 0 Å². The van der Waals surface area contributed by atoms with Gasteiger partial charge < -0.3 is 15.7 Å². The van der Waals surface area contributed by atoms with Gasteiger partial charge in [-0.3, -0.25) is 4.90 Å². The van der Waals surface area contributed by atoms with Crippen LogP contribution < -0.4 is 10.6 Å². The van der Waals surface area contributed by atoms with Crippen LogP contribution in [0, 0.1) is 0 Å². The van der Waals surface area contributed by atoms with Crippen LogP contribution in [-0.4, -0.2) is 41.8 Å². The average Bonchev–Trinajstić information content (AvgIpc) is 2.80. The lowest BCUT2D eigenvalue weighted by Crippen LogP contribution is -2.36. The Balaban J connectivity index is 2.21. The molecule has 1 aliphatic heterocycles. The van der Waals surface area contributed by atoms with Gasteiger partial charge in [-0.05, 0) is 31.5 Å². The highest BCUT2D eigenvalue weighted by atomic mass is 16.3. The van der Waals surface area contributed by atoms with E-state index < -0.39 is 6.04 Å². The van der Waals surface area contributed by atoms with Gasteiger partial charge >= 0.3 is 6.03 Å². The second-order valence-corrected chi connectivity index (χ2v) is 5.11. The van der Waals surface area contributed by atoms with Gasteiger partial charge in [-0.15, -0.1) is 0 Å². The maximum Gasteiger partial charge on any atom is 0.324 e. The van der Waals surface area contributed by atoms with Gasteiger partial charge in [0.2, 0.25) is 0 Å². The van der Waals surface area contributed by atoms with Crippen LogP contribution in [0.5, 0.6) is 0 Å². The number of urea groups is 1. The SMILES string of the molecule is CC(C)N1CCN(c2cccc(C(N)CO)c2)C1=O. The maximum absolute atomic E-state index is 12.3. The molecule has 0 saturated carbocycles. The lowest BCUT2D eigenvalue weighted by Gasteiger charge is -2.22. The molecule has 0 bridgehead atoms. The van der Waals surface area contributed by atoms with E-state index in [1.54, 1.807) is 4.90 Å². The fourth-order valence-corrected chi connectivity index (χ4v) is 2.30. The minimum atomic E-state index is -0.404. The van der Waals surface area contributed by atoms with E-state index in [9.17, 15) is 4.79 Å². The van der Waals surface area contributed by atoms with E-state index >= 15 is 0 Å². The lowest BCUT2D eigenvalue weighted by atomic mass is 10.1. The molecule has 2 rings (SSSR count).